The first kappa shape index (κ1) is 16.3. The highest BCUT2D eigenvalue weighted by atomic mass is 16.5. The Morgan fingerprint density at radius 1 is 1.17 bits per heavy atom. The Bertz CT molecular complexity index is 680. The van der Waals surface area contributed by atoms with Crippen LogP contribution in [-0.2, 0) is 11.3 Å². The number of nitrogens with one attached hydrogen (secondary N) is 1. The molecular weight excluding hydrogens is 304 g/mol. The number of hydrazone groups is 1. The number of hydrogen-bond acceptors (Lipinski definition) is 5. The largest absolute Gasteiger partial charge is 0.379 e. The summed E-state index contributed by atoms with van der Waals surface area (Å²) in [4.78, 5) is 18.3. The van der Waals surface area contributed by atoms with E-state index >= 15 is 0 Å². The van der Waals surface area contributed by atoms with Crippen molar-refractivity contribution in [2.75, 3.05) is 26.3 Å². The first-order valence-corrected chi connectivity index (χ1v) is 7.94. The van der Waals surface area contributed by atoms with Gasteiger partial charge in [0.05, 0.1) is 19.4 Å². The number of aromatic nitrogens is 1. The third-order valence-electron chi connectivity index (χ3n) is 3.81. The fraction of sp³-hybridized carbons (Fsp3) is 0.278. The molecule has 6 nitrogen and oxygen atoms in total. The molecule has 24 heavy (non-hydrogen) atoms. The molecule has 0 bridgehead atoms. The monoisotopic (exact) mass is 324 g/mol. The third-order valence-corrected chi connectivity index (χ3v) is 3.81. The van der Waals surface area contributed by atoms with Crippen molar-refractivity contribution < 1.29 is 9.53 Å². The van der Waals surface area contributed by atoms with Crippen LogP contribution in [0.3, 0.4) is 0 Å². The van der Waals surface area contributed by atoms with Gasteiger partial charge in [-0.15, -0.1) is 0 Å². The van der Waals surface area contributed by atoms with Crippen LogP contribution in [0.4, 0.5) is 0 Å². The normalized spacial score (nSPS) is 15.5. The van der Waals surface area contributed by atoms with Crippen LogP contribution in [0, 0.1) is 0 Å². The molecule has 0 radical (unpaired) electrons. The van der Waals surface area contributed by atoms with Gasteiger partial charge in [-0.3, -0.25) is 14.7 Å². The van der Waals surface area contributed by atoms with Crippen LogP contribution in [0.5, 0.6) is 0 Å². The topological polar surface area (TPSA) is 66.8 Å². The third kappa shape index (κ3) is 4.71. The van der Waals surface area contributed by atoms with Gasteiger partial charge in [0.25, 0.3) is 5.91 Å². The van der Waals surface area contributed by atoms with Crippen LogP contribution >= 0.6 is 0 Å². The summed E-state index contributed by atoms with van der Waals surface area (Å²) >= 11 is 0. The quantitative estimate of drug-likeness (QED) is 0.671. The van der Waals surface area contributed by atoms with Crippen LogP contribution in [0.25, 0.3) is 0 Å². The van der Waals surface area contributed by atoms with E-state index in [-0.39, 0.29) is 5.91 Å². The summed E-state index contributed by atoms with van der Waals surface area (Å²) in [5, 5.41) is 3.96. The first-order valence-electron chi connectivity index (χ1n) is 7.94. The molecule has 1 aliphatic rings. The van der Waals surface area contributed by atoms with Crippen molar-refractivity contribution in [2.24, 2.45) is 5.10 Å². The van der Waals surface area contributed by atoms with E-state index in [1.165, 1.54) is 5.56 Å². The average molecular weight is 324 g/mol. The minimum absolute atomic E-state index is 0.224. The lowest BCUT2D eigenvalue weighted by molar-refractivity contribution is 0.0342. The second-order valence-corrected chi connectivity index (χ2v) is 5.57. The van der Waals surface area contributed by atoms with E-state index in [9.17, 15) is 4.79 Å². The molecule has 0 saturated carbocycles. The van der Waals surface area contributed by atoms with Crippen LogP contribution in [0.15, 0.2) is 53.9 Å². The standard InChI is InChI=1S/C18H20N4O2/c23-18(21-20-13-15-5-7-19-8-6-15)17-3-1-16(2-4-17)14-22-9-11-24-12-10-22/h1-8,13H,9-12,14H2,(H,21,23)/b20-13+. The number of ether oxygens (including phenoxy) is 1. The molecule has 1 saturated heterocycles. The van der Waals surface area contributed by atoms with Crippen molar-refractivity contribution >= 4 is 12.1 Å². The van der Waals surface area contributed by atoms with E-state index in [2.05, 4.69) is 20.4 Å². The Morgan fingerprint density at radius 3 is 2.58 bits per heavy atom. The molecule has 124 valence electrons. The van der Waals surface area contributed by atoms with Gasteiger partial charge in [-0.2, -0.15) is 5.10 Å². The number of benzene rings is 1. The summed E-state index contributed by atoms with van der Waals surface area (Å²) in [5.41, 5.74) is 5.19. The lowest BCUT2D eigenvalue weighted by atomic mass is 10.1. The number of nitrogens with zero attached hydrogens (tertiary/aromatic N) is 3. The molecule has 1 aliphatic heterocycles. The zero-order valence-electron chi connectivity index (χ0n) is 13.4. The van der Waals surface area contributed by atoms with Gasteiger partial charge in [0.1, 0.15) is 0 Å². The highest BCUT2D eigenvalue weighted by Gasteiger charge is 2.11. The van der Waals surface area contributed by atoms with E-state index in [4.69, 9.17) is 4.74 Å². The number of pyridine rings is 1. The summed E-state index contributed by atoms with van der Waals surface area (Å²) in [6, 6.07) is 11.3. The molecule has 0 unspecified atom stereocenters. The number of rotatable bonds is 5. The minimum Gasteiger partial charge on any atom is -0.379 e. The lowest BCUT2D eigenvalue weighted by Gasteiger charge is -2.26. The number of hydrogen-bond donors (Lipinski definition) is 1. The van der Waals surface area contributed by atoms with E-state index in [0.717, 1.165) is 38.4 Å². The SMILES string of the molecule is O=C(N/N=C/c1ccncc1)c1ccc(CN2CCOCC2)cc1. The van der Waals surface area contributed by atoms with Crippen molar-refractivity contribution in [1.82, 2.24) is 15.3 Å². The Morgan fingerprint density at radius 2 is 1.88 bits per heavy atom. The van der Waals surface area contributed by atoms with E-state index < -0.39 is 0 Å². The zero-order chi connectivity index (χ0) is 16.6. The smallest absolute Gasteiger partial charge is 0.271 e. The molecule has 3 rings (SSSR count). The van der Waals surface area contributed by atoms with Gasteiger partial charge in [0.2, 0.25) is 0 Å². The van der Waals surface area contributed by atoms with Crippen LogP contribution in [0.2, 0.25) is 0 Å². The minimum atomic E-state index is -0.224. The number of amides is 1. The van der Waals surface area contributed by atoms with Crippen LogP contribution < -0.4 is 5.43 Å². The molecule has 1 aromatic carbocycles. The maximum absolute atomic E-state index is 12.1. The number of morpholine rings is 1. The predicted octanol–water partition coefficient (Wildman–Crippen LogP) is 1.68. The van der Waals surface area contributed by atoms with Gasteiger partial charge < -0.3 is 4.74 Å². The Balaban J connectivity index is 1.52. The maximum atomic E-state index is 12.1. The van der Waals surface area contributed by atoms with Crippen molar-refractivity contribution in [3.8, 4) is 0 Å². The predicted molar refractivity (Wildman–Crippen MR) is 91.8 cm³/mol. The van der Waals surface area contributed by atoms with Gasteiger partial charge in [0.15, 0.2) is 0 Å². The summed E-state index contributed by atoms with van der Waals surface area (Å²) < 4.78 is 5.35. The summed E-state index contributed by atoms with van der Waals surface area (Å²) in [6.07, 6.45) is 4.94. The maximum Gasteiger partial charge on any atom is 0.271 e. The molecule has 0 spiro atoms. The van der Waals surface area contributed by atoms with Gasteiger partial charge in [0, 0.05) is 37.6 Å². The molecule has 0 aliphatic carbocycles. The van der Waals surface area contributed by atoms with Crippen molar-refractivity contribution in [2.45, 2.75) is 6.54 Å². The number of carbonyl (C=O) groups excluding carboxylic acids is 1. The fourth-order valence-electron chi connectivity index (χ4n) is 2.46. The van der Waals surface area contributed by atoms with Crippen molar-refractivity contribution in [3.05, 3.63) is 65.5 Å². The fourth-order valence-corrected chi connectivity index (χ4v) is 2.46. The second kappa shape index (κ2) is 8.33. The molecule has 6 heteroatoms. The van der Waals surface area contributed by atoms with Crippen molar-refractivity contribution in [3.63, 3.8) is 0 Å². The molecule has 2 aromatic rings. The van der Waals surface area contributed by atoms with Gasteiger partial charge in [-0.05, 0) is 35.4 Å². The van der Waals surface area contributed by atoms with Crippen LogP contribution in [-0.4, -0.2) is 48.3 Å². The average Bonchev–Trinajstić information content (AvgIpc) is 2.64. The lowest BCUT2D eigenvalue weighted by Crippen LogP contribution is -2.35. The van der Waals surface area contributed by atoms with E-state index in [1.54, 1.807) is 18.6 Å². The molecule has 1 N–H and O–H groups in total. The van der Waals surface area contributed by atoms with Gasteiger partial charge in [-0.1, -0.05) is 12.1 Å². The molecule has 1 amide bonds. The molecule has 2 heterocycles. The zero-order valence-corrected chi connectivity index (χ0v) is 13.4. The van der Waals surface area contributed by atoms with E-state index in [1.807, 2.05) is 36.4 Å². The first-order chi connectivity index (χ1) is 11.8. The highest BCUT2D eigenvalue weighted by Crippen LogP contribution is 2.09. The van der Waals surface area contributed by atoms with Crippen molar-refractivity contribution in [1.29, 1.82) is 0 Å². The van der Waals surface area contributed by atoms with E-state index in [0.29, 0.717) is 5.56 Å². The van der Waals surface area contributed by atoms with Gasteiger partial charge >= 0.3 is 0 Å². The Kier molecular flexibility index (Phi) is 5.65. The Hall–Kier alpha value is -2.57. The molecule has 0 atom stereocenters. The highest BCUT2D eigenvalue weighted by molar-refractivity contribution is 5.94. The molecule has 1 aromatic heterocycles. The molecular formula is C18H20N4O2. The van der Waals surface area contributed by atoms with Crippen LogP contribution in [0.1, 0.15) is 21.5 Å². The number of carbonyl (C=O) groups is 1. The van der Waals surface area contributed by atoms with Gasteiger partial charge in [-0.25, -0.2) is 5.43 Å². The summed E-state index contributed by atoms with van der Waals surface area (Å²) in [7, 11) is 0. The second-order valence-electron chi connectivity index (χ2n) is 5.57. The Labute approximate surface area is 141 Å². The summed E-state index contributed by atoms with van der Waals surface area (Å²) in [6.45, 7) is 4.36. The summed E-state index contributed by atoms with van der Waals surface area (Å²) in [5.74, 6) is -0.224. The molecule has 1 fully saturated rings.